The highest BCUT2D eigenvalue weighted by atomic mass is 32.2. The van der Waals surface area contributed by atoms with Crippen molar-refractivity contribution in [2.45, 2.75) is 38.3 Å². The molecule has 20 heavy (non-hydrogen) atoms. The molecule has 1 fully saturated rings. The van der Waals surface area contributed by atoms with Gasteiger partial charge in [0.25, 0.3) is 0 Å². The topological polar surface area (TPSA) is 46.6 Å². The number of sulfonamides is 1. The summed E-state index contributed by atoms with van der Waals surface area (Å²) in [5, 5.41) is 0. The fourth-order valence-corrected chi connectivity index (χ4v) is 4.00. The molecule has 0 saturated carbocycles. The molecule has 0 N–H and O–H groups in total. The summed E-state index contributed by atoms with van der Waals surface area (Å²) in [5.41, 5.74) is 0.795. The fraction of sp³-hybridized carbons (Fsp3) is 0.600. The first-order valence-corrected chi connectivity index (χ1v) is 8.77. The van der Waals surface area contributed by atoms with Crippen molar-refractivity contribution in [2.75, 3.05) is 19.4 Å². The van der Waals surface area contributed by atoms with Crippen molar-refractivity contribution in [3.05, 3.63) is 35.9 Å². The molecule has 0 aliphatic carbocycles. The SMILES string of the molecule is CC1(C)COC(CCc2ccccc2)CN1S(C)(=O)=O. The van der Waals surface area contributed by atoms with Crippen LogP contribution in [0.2, 0.25) is 0 Å². The van der Waals surface area contributed by atoms with Gasteiger partial charge in [0.1, 0.15) is 0 Å². The van der Waals surface area contributed by atoms with E-state index in [4.69, 9.17) is 4.74 Å². The van der Waals surface area contributed by atoms with E-state index in [1.54, 1.807) is 4.31 Å². The first-order valence-electron chi connectivity index (χ1n) is 6.92. The van der Waals surface area contributed by atoms with Crippen LogP contribution in [0.1, 0.15) is 25.8 Å². The minimum absolute atomic E-state index is 0.0297. The molecule has 2 rings (SSSR count). The van der Waals surface area contributed by atoms with Crippen LogP contribution in [0.25, 0.3) is 0 Å². The summed E-state index contributed by atoms with van der Waals surface area (Å²) >= 11 is 0. The number of morpholine rings is 1. The molecule has 0 aromatic heterocycles. The Morgan fingerprint density at radius 1 is 1.30 bits per heavy atom. The van der Waals surface area contributed by atoms with Crippen LogP contribution < -0.4 is 0 Å². The van der Waals surface area contributed by atoms with Gasteiger partial charge in [-0.2, -0.15) is 4.31 Å². The van der Waals surface area contributed by atoms with Crippen LogP contribution in [-0.4, -0.2) is 43.8 Å². The van der Waals surface area contributed by atoms with E-state index in [-0.39, 0.29) is 6.10 Å². The first kappa shape index (κ1) is 15.5. The van der Waals surface area contributed by atoms with Gasteiger partial charge in [-0.15, -0.1) is 0 Å². The lowest BCUT2D eigenvalue weighted by atomic mass is 10.0. The zero-order chi connectivity index (χ0) is 14.8. The van der Waals surface area contributed by atoms with E-state index in [2.05, 4.69) is 12.1 Å². The van der Waals surface area contributed by atoms with Gasteiger partial charge in [0, 0.05) is 6.54 Å². The zero-order valence-corrected chi connectivity index (χ0v) is 13.2. The van der Waals surface area contributed by atoms with Crippen LogP contribution in [0.3, 0.4) is 0 Å². The van der Waals surface area contributed by atoms with Gasteiger partial charge in [0.15, 0.2) is 0 Å². The summed E-state index contributed by atoms with van der Waals surface area (Å²) in [7, 11) is -3.20. The maximum Gasteiger partial charge on any atom is 0.211 e. The van der Waals surface area contributed by atoms with E-state index in [9.17, 15) is 8.42 Å². The smallest absolute Gasteiger partial charge is 0.211 e. The number of hydrogen-bond donors (Lipinski definition) is 0. The largest absolute Gasteiger partial charge is 0.375 e. The molecule has 1 saturated heterocycles. The van der Waals surface area contributed by atoms with E-state index >= 15 is 0 Å². The molecule has 0 amide bonds. The molecule has 1 aromatic carbocycles. The van der Waals surface area contributed by atoms with E-state index in [0.717, 1.165) is 12.8 Å². The summed E-state index contributed by atoms with van der Waals surface area (Å²) in [6.45, 7) is 4.70. The van der Waals surface area contributed by atoms with Crippen molar-refractivity contribution in [1.29, 1.82) is 0 Å². The maximum absolute atomic E-state index is 11.9. The Bertz CT molecular complexity index is 539. The van der Waals surface area contributed by atoms with Crippen LogP contribution in [0.4, 0.5) is 0 Å². The van der Waals surface area contributed by atoms with Crippen LogP contribution >= 0.6 is 0 Å². The van der Waals surface area contributed by atoms with Crippen molar-refractivity contribution in [3.8, 4) is 0 Å². The van der Waals surface area contributed by atoms with Gasteiger partial charge in [0.05, 0.1) is 24.5 Å². The van der Waals surface area contributed by atoms with Crippen molar-refractivity contribution in [3.63, 3.8) is 0 Å². The van der Waals surface area contributed by atoms with Crippen molar-refractivity contribution >= 4 is 10.0 Å². The molecule has 112 valence electrons. The standard InChI is InChI=1S/C15H23NO3S/c1-15(2)12-19-14(11-16(15)20(3,17)18)10-9-13-7-5-4-6-8-13/h4-8,14H,9-12H2,1-3H3. The molecule has 1 heterocycles. The van der Waals surface area contributed by atoms with Gasteiger partial charge in [-0.1, -0.05) is 30.3 Å². The predicted octanol–water partition coefficient (Wildman–Crippen LogP) is 2.06. The summed E-state index contributed by atoms with van der Waals surface area (Å²) < 4.78 is 31.2. The monoisotopic (exact) mass is 297 g/mol. The number of aryl methyl sites for hydroxylation is 1. The maximum atomic E-state index is 11.9. The molecule has 1 aliphatic rings. The average molecular weight is 297 g/mol. The number of ether oxygens (including phenoxy) is 1. The Labute approximate surface area is 121 Å². The molecular weight excluding hydrogens is 274 g/mol. The quantitative estimate of drug-likeness (QED) is 0.854. The lowest BCUT2D eigenvalue weighted by Gasteiger charge is -2.43. The Hall–Kier alpha value is -0.910. The molecule has 5 heteroatoms. The Kier molecular flexibility index (Phi) is 4.52. The molecule has 1 aliphatic heterocycles. The van der Waals surface area contributed by atoms with E-state index in [0.29, 0.717) is 13.2 Å². The highest BCUT2D eigenvalue weighted by Gasteiger charge is 2.40. The predicted molar refractivity (Wildman–Crippen MR) is 80.1 cm³/mol. The number of rotatable bonds is 4. The third-order valence-corrected chi connectivity index (χ3v) is 5.16. The van der Waals surface area contributed by atoms with Crippen LogP contribution in [-0.2, 0) is 21.2 Å². The Balaban J connectivity index is 1.98. The van der Waals surface area contributed by atoms with Gasteiger partial charge in [0.2, 0.25) is 10.0 Å². The highest BCUT2D eigenvalue weighted by molar-refractivity contribution is 7.88. The van der Waals surface area contributed by atoms with Gasteiger partial charge >= 0.3 is 0 Å². The second-order valence-corrected chi connectivity index (χ2v) is 7.97. The summed E-state index contributed by atoms with van der Waals surface area (Å²) in [5.74, 6) is 0. The molecule has 0 radical (unpaired) electrons. The summed E-state index contributed by atoms with van der Waals surface area (Å²) in [6, 6.07) is 10.2. The van der Waals surface area contributed by atoms with E-state index in [1.165, 1.54) is 11.8 Å². The van der Waals surface area contributed by atoms with Crippen LogP contribution in [0.15, 0.2) is 30.3 Å². The minimum Gasteiger partial charge on any atom is -0.375 e. The lowest BCUT2D eigenvalue weighted by Crippen LogP contribution is -2.57. The first-order chi connectivity index (χ1) is 9.29. The molecule has 0 spiro atoms. The molecular formula is C15H23NO3S. The Morgan fingerprint density at radius 2 is 1.95 bits per heavy atom. The van der Waals surface area contributed by atoms with Crippen LogP contribution in [0, 0.1) is 0 Å². The molecule has 1 aromatic rings. The molecule has 4 nitrogen and oxygen atoms in total. The van der Waals surface area contributed by atoms with Gasteiger partial charge < -0.3 is 4.74 Å². The third-order valence-electron chi connectivity index (χ3n) is 3.72. The zero-order valence-electron chi connectivity index (χ0n) is 12.4. The van der Waals surface area contributed by atoms with Gasteiger partial charge in [-0.05, 0) is 32.3 Å². The minimum atomic E-state index is -3.20. The van der Waals surface area contributed by atoms with Crippen molar-refractivity contribution in [1.82, 2.24) is 4.31 Å². The van der Waals surface area contributed by atoms with E-state index in [1.807, 2.05) is 32.0 Å². The van der Waals surface area contributed by atoms with Crippen LogP contribution in [0.5, 0.6) is 0 Å². The van der Waals surface area contributed by atoms with Gasteiger partial charge in [-0.25, -0.2) is 8.42 Å². The molecule has 1 atom stereocenters. The summed E-state index contributed by atoms with van der Waals surface area (Å²) in [4.78, 5) is 0. The number of nitrogens with zero attached hydrogens (tertiary/aromatic N) is 1. The van der Waals surface area contributed by atoms with Gasteiger partial charge in [-0.3, -0.25) is 0 Å². The normalized spacial score (nSPS) is 23.6. The number of benzene rings is 1. The van der Waals surface area contributed by atoms with E-state index < -0.39 is 15.6 Å². The average Bonchev–Trinajstić information content (AvgIpc) is 2.37. The Morgan fingerprint density at radius 3 is 2.55 bits per heavy atom. The highest BCUT2D eigenvalue weighted by Crippen LogP contribution is 2.26. The number of hydrogen-bond acceptors (Lipinski definition) is 3. The van der Waals surface area contributed by atoms with Crippen molar-refractivity contribution in [2.24, 2.45) is 0 Å². The van der Waals surface area contributed by atoms with Crippen molar-refractivity contribution < 1.29 is 13.2 Å². The molecule has 1 unspecified atom stereocenters. The second-order valence-electron chi connectivity index (χ2n) is 6.06. The summed E-state index contributed by atoms with van der Waals surface area (Å²) in [6.07, 6.45) is 2.99. The second kappa shape index (κ2) is 5.84. The molecule has 0 bridgehead atoms. The lowest BCUT2D eigenvalue weighted by molar-refractivity contribution is -0.0660. The fourth-order valence-electron chi connectivity index (χ4n) is 2.61. The third kappa shape index (κ3) is 3.81.